The van der Waals surface area contributed by atoms with Gasteiger partial charge in [-0.15, -0.1) is 0 Å². The van der Waals surface area contributed by atoms with Crippen LogP contribution in [0.25, 0.3) is 0 Å². The predicted octanol–water partition coefficient (Wildman–Crippen LogP) is 3.20. The van der Waals surface area contributed by atoms with Crippen LogP contribution in [-0.2, 0) is 29.7 Å². The second kappa shape index (κ2) is 15.7. The summed E-state index contributed by atoms with van der Waals surface area (Å²) in [5.74, 6) is -57.4. The Kier molecular flexibility index (Phi) is 15.5. The van der Waals surface area contributed by atoms with E-state index in [4.69, 9.17) is 16.5 Å². The Morgan fingerprint density at radius 1 is 0.489 bits per heavy atom. The van der Waals surface area contributed by atoms with Gasteiger partial charge in [-0.3, -0.25) is 0 Å². The maximum absolute atomic E-state index is 14.6. The van der Waals surface area contributed by atoms with Gasteiger partial charge in [0.2, 0.25) is 0 Å². The molecule has 1 saturated heterocycles. The second-order valence-corrected chi connectivity index (χ2v) is 18.2. The van der Waals surface area contributed by atoms with E-state index in [1.54, 1.807) is 0 Å². The molecule has 1 heterocycles. The Hall–Kier alpha value is -0.646. The van der Waals surface area contributed by atoms with Crippen molar-refractivity contribution < 1.29 is 104 Å². The van der Waals surface area contributed by atoms with Crippen LogP contribution >= 0.6 is 0 Å². The third-order valence-electron chi connectivity index (χ3n) is 5.14. The van der Waals surface area contributed by atoms with Crippen molar-refractivity contribution in [1.29, 1.82) is 0 Å². The number of alkyl halides is 17. The number of hydrogen-bond acceptors (Lipinski definition) is 7. The molecule has 7 nitrogen and oxygen atoms in total. The van der Waals surface area contributed by atoms with E-state index in [-0.39, 0.29) is 0 Å². The van der Waals surface area contributed by atoms with Crippen molar-refractivity contribution in [3.8, 4) is 0 Å². The fourth-order valence-electron chi connectivity index (χ4n) is 2.87. The van der Waals surface area contributed by atoms with Crippen LogP contribution in [0.3, 0.4) is 0 Å². The van der Waals surface area contributed by atoms with Crippen molar-refractivity contribution in [2.45, 2.75) is 68.4 Å². The molecule has 270 valence electrons. The largest absolute Gasteiger partial charge is 0.538 e. The van der Waals surface area contributed by atoms with Crippen LogP contribution < -0.4 is 0 Å². The summed E-state index contributed by atoms with van der Waals surface area (Å²) in [6.45, 7) is 2.83. The van der Waals surface area contributed by atoms with Gasteiger partial charge in [0.1, 0.15) is 0 Å². The molecule has 0 aromatic carbocycles. The van der Waals surface area contributed by atoms with Gasteiger partial charge in [-0.25, -0.2) is 0 Å². The summed E-state index contributed by atoms with van der Waals surface area (Å²) in [7, 11) is -8.14. The highest BCUT2D eigenvalue weighted by Gasteiger charge is 2.95. The van der Waals surface area contributed by atoms with E-state index < -0.39 is 121 Å². The minimum atomic E-state index is -8.71. The van der Waals surface area contributed by atoms with E-state index in [0.717, 1.165) is 20.8 Å². The van der Waals surface area contributed by atoms with E-state index in [1.165, 1.54) is 0 Å². The van der Waals surface area contributed by atoms with Crippen LogP contribution in [0.5, 0.6) is 0 Å². The Balaban J connectivity index is 0.00000208. The molecule has 0 aliphatic carbocycles. The first-order valence-corrected chi connectivity index (χ1v) is 18.1. The molecule has 0 bridgehead atoms. The summed E-state index contributed by atoms with van der Waals surface area (Å²) in [6, 6.07) is 0. The number of hydrogen-bond donors (Lipinski definition) is 0. The molecular formula is C16H25F17O7Si5. The van der Waals surface area contributed by atoms with Gasteiger partial charge in [-0.05, 0) is 20.8 Å². The molecule has 0 atom stereocenters. The normalized spacial score (nSPS) is 19.4. The average Bonchev–Trinajstić information content (AvgIpc) is 2.87. The molecule has 0 spiro atoms. The van der Waals surface area contributed by atoms with Crippen molar-refractivity contribution in [3.63, 3.8) is 0 Å². The molecule has 1 fully saturated rings. The zero-order chi connectivity index (χ0) is 36.0. The van der Waals surface area contributed by atoms with Gasteiger partial charge in [-0.2, -0.15) is 74.6 Å². The third kappa shape index (κ3) is 8.33. The fraction of sp³-hybridized carbons (Fsp3) is 0.875. The van der Waals surface area contributed by atoms with Crippen molar-refractivity contribution in [2.75, 3.05) is 19.8 Å². The van der Waals surface area contributed by atoms with Crippen molar-refractivity contribution >= 4 is 48.8 Å². The molecular weight excluding hydrogens is 768 g/mol. The first-order valence-electron chi connectivity index (χ1n) is 11.7. The summed E-state index contributed by atoms with van der Waals surface area (Å²) in [5.41, 5.74) is 0. The molecule has 0 aromatic heterocycles. The lowest BCUT2D eigenvalue weighted by Gasteiger charge is -2.44. The van der Waals surface area contributed by atoms with Gasteiger partial charge < -0.3 is 29.7 Å². The summed E-state index contributed by atoms with van der Waals surface area (Å²) in [5, 5.41) is -2.68. The van der Waals surface area contributed by atoms with Gasteiger partial charge in [-0.1, -0.05) is 6.58 Å². The first-order chi connectivity index (χ1) is 20.1. The van der Waals surface area contributed by atoms with E-state index in [2.05, 4.69) is 19.9 Å². The maximum atomic E-state index is 14.6. The zero-order valence-corrected chi connectivity index (χ0v) is 29.6. The smallest absolute Gasteiger partial charge is 0.425 e. The molecule has 0 unspecified atom stereocenters. The Bertz CT molecular complexity index is 917. The molecule has 0 saturated carbocycles. The van der Waals surface area contributed by atoms with Crippen LogP contribution in [0.2, 0.25) is 0 Å². The number of allylic oxidation sites excluding steroid dienone is 1. The fourth-order valence-corrected chi connectivity index (χ4v) is 12.5. The van der Waals surface area contributed by atoms with E-state index in [0.29, 0.717) is 0 Å². The monoisotopic (exact) mass is 792 g/mol. The van der Waals surface area contributed by atoms with Crippen molar-refractivity contribution in [3.05, 3.63) is 11.8 Å². The quantitative estimate of drug-likeness (QED) is 0.198. The second-order valence-electron chi connectivity index (χ2n) is 8.14. The van der Waals surface area contributed by atoms with E-state index in [9.17, 15) is 74.6 Å². The van der Waals surface area contributed by atoms with E-state index in [1.807, 2.05) is 0 Å². The lowest BCUT2D eigenvalue weighted by Crippen LogP contribution is -2.75. The number of halogens is 17. The van der Waals surface area contributed by atoms with Gasteiger partial charge in [0.25, 0.3) is 40.0 Å². The molecule has 0 amide bonds. The highest BCUT2D eigenvalue weighted by Crippen LogP contribution is 2.64. The van der Waals surface area contributed by atoms with Crippen LogP contribution in [-0.4, -0.2) is 116 Å². The van der Waals surface area contributed by atoms with Crippen LogP contribution in [0, 0.1) is 0 Å². The topological polar surface area (TPSA) is 64.6 Å². The predicted molar refractivity (Wildman–Crippen MR) is 129 cm³/mol. The first kappa shape index (κ1) is 44.4. The van der Waals surface area contributed by atoms with Crippen LogP contribution in [0.15, 0.2) is 11.8 Å². The Morgan fingerprint density at radius 3 is 0.978 bits per heavy atom. The molecule has 1 aliphatic rings. The molecule has 45 heavy (non-hydrogen) atoms. The summed E-state index contributed by atoms with van der Waals surface area (Å²) in [4.78, 5) is 0. The molecule has 29 heteroatoms. The van der Waals surface area contributed by atoms with Gasteiger partial charge in [0.05, 0.1) is 5.20 Å². The zero-order valence-electron chi connectivity index (χ0n) is 22.9. The molecule has 1 rings (SSSR count). The maximum Gasteiger partial charge on any atom is 0.538 e. The molecule has 0 N–H and O–H groups in total. The summed E-state index contributed by atoms with van der Waals surface area (Å²) >= 11 is 0. The van der Waals surface area contributed by atoms with Crippen molar-refractivity contribution in [1.82, 2.24) is 0 Å². The highest BCUT2D eigenvalue weighted by atomic mass is 28.4. The molecule has 0 radical (unpaired) electrons. The van der Waals surface area contributed by atoms with Crippen LogP contribution in [0.1, 0.15) is 20.8 Å². The van der Waals surface area contributed by atoms with Gasteiger partial charge in [0.15, 0.2) is 0 Å². The molecule has 1 aliphatic heterocycles. The Morgan fingerprint density at radius 2 is 0.733 bits per heavy atom. The van der Waals surface area contributed by atoms with Crippen LogP contribution in [0.4, 0.5) is 74.6 Å². The summed E-state index contributed by atoms with van der Waals surface area (Å²) < 4.78 is 263. The molecule has 0 aromatic rings. The van der Waals surface area contributed by atoms with Gasteiger partial charge >= 0.3 is 56.4 Å². The van der Waals surface area contributed by atoms with Gasteiger partial charge in [0, 0.05) is 19.8 Å². The number of rotatable bonds is 14. The Labute approximate surface area is 253 Å². The van der Waals surface area contributed by atoms with Crippen molar-refractivity contribution in [2.24, 2.45) is 0 Å². The third-order valence-corrected chi connectivity index (χ3v) is 13.5. The minimum absolute atomic E-state index is 0.653. The highest BCUT2D eigenvalue weighted by molar-refractivity contribution is 6.69. The average molecular weight is 793 g/mol. The standard InChI is InChI=1S/C16H17F17O3Si.H8O4Si4/c1-5-34-37(35-6-2,36-7-3)8(4)9(17,18)10(19,20)11(21,22)12(23,24)13(25,26)14(27,28)15(29,30)16(31,32)33;1-5-2-7-4-8-3-6-1/h4-7H2,1-3H3;5-8H2. The lowest BCUT2D eigenvalue weighted by molar-refractivity contribution is -0.460. The summed E-state index contributed by atoms with van der Waals surface area (Å²) in [6.07, 6.45) is -7.82. The van der Waals surface area contributed by atoms with E-state index >= 15 is 0 Å². The lowest BCUT2D eigenvalue weighted by atomic mass is 9.89. The minimum Gasteiger partial charge on any atom is -0.425 e. The SMILES string of the molecule is C=C(C(F)(F)C(F)(F)C(F)(F)C(F)(F)C(F)(F)C(F)(F)C(F)(F)C(F)(F)F)[Si](OCC)(OCC)OCC.O1[SiH2]O[SiH2]O[SiH2]O[SiH2]1.